The number of hydrogen-bond acceptors (Lipinski definition) is 3. The summed E-state index contributed by atoms with van der Waals surface area (Å²) < 4.78 is 0.322. The Hall–Kier alpha value is -1.23. The van der Waals surface area contributed by atoms with Gasteiger partial charge in [0.1, 0.15) is 4.64 Å². The van der Waals surface area contributed by atoms with Crippen molar-refractivity contribution in [3.05, 3.63) is 22.7 Å². The van der Waals surface area contributed by atoms with Gasteiger partial charge in [-0.05, 0) is 0 Å². The van der Waals surface area contributed by atoms with Gasteiger partial charge in [-0.2, -0.15) is 0 Å². The molecule has 0 aliphatic rings. The summed E-state index contributed by atoms with van der Waals surface area (Å²) in [5.74, 6) is -0.561. The number of aromatic nitrogens is 2. The number of nitrogens with one attached hydrogen (secondary N) is 1. The second-order valence-corrected chi connectivity index (χ2v) is 2.07. The normalized spacial score (nSPS) is 9.20. The van der Waals surface area contributed by atoms with Gasteiger partial charge in [-0.3, -0.25) is 4.79 Å². The van der Waals surface area contributed by atoms with E-state index in [-0.39, 0.29) is 5.56 Å². The second kappa shape index (κ2) is 2.57. The number of nitrogens with zero attached hydrogens (tertiary/aromatic N) is 1. The van der Waals surface area contributed by atoms with E-state index in [4.69, 9.17) is 18.0 Å². The van der Waals surface area contributed by atoms with E-state index in [1.54, 1.807) is 0 Å². The Kier molecular flexibility index (Phi) is 1.77. The number of carbonyl (C=O) groups excluding carboxylic acids is 1. The van der Waals surface area contributed by atoms with Gasteiger partial charge < -0.3 is 10.7 Å². The van der Waals surface area contributed by atoms with Crippen LogP contribution in [0.4, 0.5) is 0 Å². The molecule has 0 unspecified atom stereocenters. The van der Waals surface area contributed by atoms with E-state index in [0.717, 1.165) is 0 Å². The zero-order chi connectivity index (χ0) is 7.56. The van der Waals surface area contributed by atoms with E-state index < -0.39 is 5.91 Å². The van der Waals surface area contributed by atoms with Crippen molar-refractivity contribution in [2.45, 2.75) is 0 Å². The number of amides is 1. The van der Waals surface area contributed by atoms with Gasteiger partial charge >= 0.3 is 0 Å². The minimum Gasteiger partial charge on any atom is -0.365 e. The van der Waals surface area contributed by atoms with Crippen LogP contribution < -0.4 is 5.73 Å². The predicted octanol–water partition coefficient (Wildman–Crippen LogP) is 0.238. The fourth-order valence-corrected chi connectivity index (χ4v) is 0.726. The number of primary amides is 1. The summed E-state index contributed by atoms with van der Waals surface area (Å²) in [4.78, 5) is 16.7. The lowest BCUT2D eigenvalue weighted by Crippen LogP contribution is -2.12. The molecule has 0 saturated heterocycles. The molecule has 0 aliphatic carbocycles. The van der Waals surface area contributed by atoms with Gasteiger partial charge in [0, 0.05) is 6.20 Å². The van der Waals surface area contributed by atoms with Crippen LogP contribution in [0.1, 0.15) is 10.4 Å². The quantitative estimate of drug-likeness (QED) is 0.570. The van der Waals surface area contributed by atoms with E-state index >= 15 is 0 Å². The highest BCUT2D eigenvalue weighted by Crippen LogP contribution is 1.93. The van der Waals surface area contributed by atoms with Gasteiger partial charge in [0.15, 0.2) is 0 Å². The zero-order valence-corrected chi connectivity index (χ0v) is 5.81. The molecule has 0 radical (unpaired) electrons. The van der Waals surface area contributed by atoms with Crippen LogP contribution in [-0.2, 0) is 0 Å². The number of nitrogens with two attached hydrogens (primary N) is 1. The summed E-state index contributed by atoms with van der Waals surface area (Å²) in [7, 11) is 0. The first-order valence-corrected chi connectivity index (χ1v) is 2.95. The van der Waals surface area contributed by atoms with Crippen LogP contribution >= 0.6 is 12.2 Å². The largest absolute Gasteiger partial charge is 0.365 e. The number of H-pyrrole nitrogens is 1. The van der Waals surface area contributed by atoms with Crippen molar-refractivity contribution in [3.8, 4) is 0 Å². The molecule has 0 atom stereocenters. The third-order valence-electron chi connectivity index (χ3n) is 0.984. The van der Waals surface area contributed by atoms with Crippen LogP contribution in [-0.4, -0.2) is 15.9 Å². The molecule has 0 fully saturated rings. The fourth-order valence-electron chi connectivity index (χ4n) is 0.520. The molecule has 1 amide bonds. The van der Waals surface area contributed by atoms with Crippen molar-refractivity contribution in [2.75, 3.05) is 0 Å². The minimum atomic E-state index is -0.561. The first-order valence-electron chi connectivity index (χ1n) is 2.54. The number of aromatic amines is 1. The van der Waals surface area contributed by atoms with Crippen molar-refractivity contribution in [2.24, 2.45) is 5.73 Å². The van der Waals surface area contributed by atoms with E-state index in [0.29, 0.717) is 4.64 Å². The molecule has 52 valence electrons. The van der Waals surface area contributed by atoms with Crippen molar-refractivity contribution >= 4 is 18.1 Å². The van der Waals surface area contributed by atoms with Gasteiger partial charge in [0.05, 0.1) is 11.9 Å². The van der Waals surface area contributed by atoms with Gasteiger partial charge in [-0.1, -0.05) is 12.2 Å². The maximum absolute atomic E-state index is 10.5. The van der Waals surface area contributed by atoms with Gasteiger partial charge in [-0.15, -0.1) is 0 Å². The summed E-state index contributed by atoms with van der Waals surface area (Å²) in [6.45, 7) is 0. The molecule has 0 aliphatic heterocycles. The van der Waals surface area contributed by atoms with Crippen LogP contribution in [0.3, 0.4) is 0 Å². The van der Waals surface area contributed by atoms with Crippen LogP contribution in [0.15, 0.2) is 12.5 Å². The molecular formula is C5H5N3OS. The maximum atomic E-state index is 10.5. The Labute approximate surface area is 62.1 Å². The molecule has 1 aromatic rings. The molecule has 3 N–H and O–H groups in total. The third-order valence-corrected chi connectivity index (χ3v) is 1.32. The number of carbonyl (C=O) groups is 1. The number of rotatable bonds is 1. The Balaban J connectivity index is 3.29. The highest BCUT2D eigenvalue weighted by Gasteiger charge is 2.00. The lowest BCUT2D eigenvalue weighted by Gasteiger charge is -1.91. The molecule has 0 aromatic carbocycles. The number of hydrogen-bond donors (Lipinski definition) is 2. The van der Waals surface area contributed by atoms with Gasteiger partial charge in [0.25, 0.3) is 5.91 Å². The standard InChI is InChI=1S/C5H5N3OS/c6-4(9)3-1-7-2-8-5(3)10/h1-2H,(H2,6,9)(H,7,8,10). The average molecular weight is 155 g/mol. The predicted molar refractivity (Wildman–Crippen MR) is 37.9 cm³/mol. The Bertz CT molecular complexity index is 306. The van der Waals surface area contributed by atoms with Crippen molar-refractivity contribution in [1.29, 1.82) is 0 Å². The van der Waals surface area contributed by atoms with Crippen LogP contribution in [0.5, 0.6) is 0 Å². The highest BCUT2D eigenvalue weighted by molar-refractivity contribution is 7.71. The molecular weight excluding hydrogens is 150 g/mol. The zero-order valence-electron chi connectivity index (χ0n) is 5.00. The maximum Gasteiger partial charge on any atom is 0.253 e. The highest BCUT2D eigenvalue weighted by atomic mass is 32.1. The lowest BCUT2D eigenvalue weighted by molar-refractivity contribution is 0.0999. The molecule has 1 rings (SSSR count). The smallest absolute Gasteiger partial charge is 0.253 e. The molecule has 0 saturated carbocycles. The van der Waals surface area contributed by atoms with E-state index in [9.17, 15) is 4.79 Å². The van der Waals surface area contributed by atoms with Gasteiger partial charge in [-0.25, -0.2) is 4.98 Å². The van der Waals surface area contributed by atoms with E-state index in [1.165, 1.54) is 12.5 Å². The Morgan fingerprint density at radius 2 is 2.50 bits per heavy atom. The fraction of sp³-hybridized carbons (Fsp3) is 0. The average Bonchev–Trinajstić information content (AvgIpc) is 1.88. The SMILES string of the molecule is NC(=O)c1cnc[nH]c1=S. The molecule has 1 heterocycles. The van der Waals surface area contributed by atoms with Crippen LogP contribution in [0, 0.1) is 4.64 Å². The summed E-state index contributed by atoms with van der Waals surface area (Å²) >= 11 is 4.73. The van der Waals surface area contributed by atoms with Crippen molar-refractivity contribution < 1.29 is 4.79 Å². The third kappa shape index (κ3) is 1.19. The van der Waals surface area contributed by atoms with Crippen molar-refractivity contribution in [3.63, 3.8) is 0 Å². The van der Waals surface area contributed by atoms with Crippen molar-refractivity contribution in [1.82, 2.24) is 9.97 Å². The second-order valence-electron chi connectivity index (χ2n) is 1.66. The van der Waals surface area contributed by atoms with Gasteiger partial charge in [0.2, 0.25) is 0 Å². The van der Waals surface area contributed by atoms with E-state index in [2.05, 4.69) is 9.97 Å². The monoisotopic (exact) mass is 155 g/mol. The molecule has 0 bridgehead atoms. The summed E-state index contributed by atoms with van der Waals surface area (Å²) in [5, 5.41) is 0. The Morgan fingerprint density at radius 3 is 2.90 bits per heavy atom. The summed E-state index contributed by atoms with van der Waals surface area (Å²) in [5.41, 5.74) is 5.20. The minimum absolute atomic E-state index is 0.248. The molecule has 0 spiro atoms. The lowest BCUT2D eigenvalue weighted by atomic mass is 10.3. The summed E-state index contributed by atoms with van der Waals surface area (Å²) in [6.07, 6.45) is 2.73. The summed E-state index contributed by atoms with van der Waals surface area (Å²) in [6, 6.07) is 0. The molecule has 1 aromatic heterocycles. The first kappa shape index (κ1) is 6.88. The molecule has 4 nitrogen and oxygen atoms in total. The molecule has 5 heteroatoms. The molecule has 10 heavy (non-hydrogen) atoms. The first-order chi connectivity index (χ1) is 4.72. The topological polar surface area (TPSA) is 71.8 Å². The van der Waals surface area contributed by atoms with Crippen LogP contribution in [0.2, 0.25) is 0 Å². The van der Waals surface area contributed by atoms with Crippen LogP contribution in [0.25, 0.3) is 0 Å². The Morgan fingerprint density at radius 1 is 1.80 bits per heavy atom. The van der Waals surface area contributed by atoms with E-state index in [1.807, 2.05) is 0 Å².